The minimum Gasteiger partial charge on any atom is -0.278 e. The molecule has 0 saturated heterocycles. The fraction of sp³-hybridized carbons (Fsp3) is 0.100. The van der Waals surface area contributed by atoms with Gasteiger partial charge in [-0.1, -0.05) is 41.7 Å². The van der Waals surface area contributed by atoms with Gasteiger partial charge in [-0.15, -0.1) is 0 Å². The maximum Gasteiger partial charge on any atom is 0.331 e. The SMILES string of the molecule is C[n+]1c(-c2ccccc2)csc1N. The van der Waals surface area contributed by atoms with E-state index in [0.29, 0.717) is 0 Å². The summed E-state index contributed by atoms with van der Waals surface area (Å²) in [5.41, 5.74) is 8.14. The van der Waals surface area contributed by atoms with Crippen LogP contribution < -0.4 is 10.3 Å². The number of aromatic nitrogens is 1. The zero-order valence-corrected chi connectivity index (χ0v) is 8.21. The summed E-state index contributed by atoms with van der Waals surface area (Å²) in [6.07, 6.45) is 0. The zero-order valence-electron chi connectivity index (χ0n) is 7.40. The molecule has 0 atom stereocenters. The summed E-state index contributed by atoms with van der Waals surface area (Å²) in [7, 11) is 1.98. The first-order valence-electron chi connectivity index (χ1n) is 4.07. The number of rotatable bonds is 1. The van der Waals surface area contributed by atoms with Crippen LogP contribution in [0.5, 0.6) is 0 Å². The van der Waals surface area contributed by atoms with Gasteiger partial charge in [-0.3, -0.25) is 5.73 Å². The Kier molecular flexibility index (Phi) is 2.02. The summed E-state index contributed by atoms with van der Waals surface area (Å²) in [5, 5.41) is 2.91. The molecule has 0 aliphatic rings. The number of thiazole rings is 1. The maximum absolute atomic E-state index is 5.76. The highest BCUT2D eigenvalue weighted by Crippen LogP contribution is 2.19. The molecule has 0 fully saturated rings. The fourth-order valence-corrected chi connectivity index (χ4v) is 2.05. The number of hydrogen-bond acceptors (Lipinski definition) is 2. The predicted molar refractivity (Wildman–Crippen MR) is 55.3 cm³/mol. The van der Waals surface area contributed by atoms with Gasteiger partial charge in [-0.2, -0.15) is 0 Å². The van der Waals surface area contributed by atoms with E-state index < -0.39 is 0 Å². The van der Waals surface area contributed by atoms with Crippen molar-refractivity contribution in [3.63, 3.8) is 0 Å². The van der Waals surface area contributed by atoms with E-state index >= 15 is 0 Å². The van der Waals surface area contributed by atoms with E-state index in [4.69, 9.17) is 5.73 Å². The molecule has 0 amide bonds. The topological polar surface area (TPSA) is 29.9 Å². The third-order valence-corrected chi connectivity index (χ3v) is 2.91. The predicted octanol–water partition coefficient (Wildman–Crippen LogP) is 1.82. The van der Waals surface area contributed by atoms with Gasteiger partial charge in [0.25, 0.3) is 0 Å². The fourth-order valence-electron chi connectivity index (χ4n) is 1.26. The Morgan fingerprint density at radius 2 is 1.92 bits per heavy atom. The molecule has 3 heteroatoms. The summed E-state index contributed by atoms with van der Waals surface area (Å²) in [5.74, 6) is 0. The molecule has 2 N–H and O–H groups in total. The van der Waals surface area contributed by atoms with Gasteiger partial charge in [0.15, 0.2) is 0 Å². The standard InChI is InChI=1S/C10H10N2S/c1-12-9(7-13-10(12)11)8-5-3-2-4-6-8/h2-7,11H,1H3/p+1. The molecule has 2 aromatic rings. The van der Waals surface area contributed by atoms with Crippen LogP contribution in [0.25, 0.3) is 11.3 Å². The van der Waals surface area contributed by atoms with Crippen molar-refractivity contribution in [1.82, 2.24) is 0 Å². The Bertz CT molecular complexity index is 406. The summed E-state index contributed by atoms with van der Waals surface area (Å²) in [4.78, 5) is 0. The molecule has 0 spiro atoms. The summed E-state index contributed by atoms with van der Waals surface area (Å²) in [6, 6.07) is 10.2. The van der Waals surface area contributed by atoms with Gasteiger partial charge in [-0.25, -0.2) is 4.57 Å². The second-order valence-corrected chi connectivity index (χ2v) is 3.77. The van der Waals surface area contributed by atoms with E-state index in [-0.39, 0.29) is 0 Å². The van der Waals surface area contributed by atoms with Crippen LogP contribution in [0.1, 0.15) is 0 Å². The van der Waals surface area contributed by atoms with Crippen molar-refractivity contribution in [1.29, 1.82) is 0 Å². The van der Waals surface area contributed by atoms with Crippen molar-refractivity contribution in [2.75, 3.05) is 5.73 Å². The lowest BCUT2D eigenvalue weighted by atomic mass is 10.2. The smallest absolute Gasteiger partial charge is 0.278 e. The van der Waals surface area contributed by atoms with Crippen molar-refractivity contribution >= 4 is 16.5 Å². The van der Waals surface area contributed by atoms with Crippen LogP contribution in [-0.4, -0.2) is 0 Å². The summed E-state index contributed by atoms with van der Waals surface area (Å²) < 4.78 is 2.00. The second-order valence-electron chi connectivity index (χ2n) is 2.88. The van der Waals surface area contributed by atoms with Crippen LogP contribution in [0, 0.1) is 0 Å². The van der Waals surface area contributed by atoms with Crippen LogP contribution in [0.3, 0.4) is 0 Å². The molecule has 0 radical (unpaired) electrons. The van der Waals surface area contributed by atoms with Crippen LogP contribution in [0.15, 0.2) is 35.7 Å². The van der Waals surface area contributed by atoms with E-state index in [1.807, 2.05) is 29.8 Å². The quantitative estimate of drug-likeness (QED) is 0.685. The van der Waals surface area contributed by atoms with Crippen molar-refractivity contribution in [3.8, 4) is 11.3 Å². The number of nitrogens with zero attached hydrogens (tertiary/aromatic N) is 1. The molecule has 1 heterocycles. The third kappa shape index (κ3) is 1.42. The van der Waals surface area contributed by atoms with Gasteiger partial charge in [0, 0.05) is 10.9 Å². The molecule has 0 unspecified atom stereocenters. The highest BCUT2D eigenvalue weighted by atomic mass is 32.1. The van der Waals surface area contributed by atoms with Crippen molar-refractivity contribution in [2.45, 2.75) is 0 Å². The van der Waals surface area contributed by atoms with Crippen LogP contribution in [-0.2, 0) is 7.05 Å². The highest BCUT2D eigenvalue weighted by Gasteiger charge is 2.10. The minimum absolute atomic E-state index is 0.832. The molecular formula is C10H11N2S+. The first-order chi connectivity index (χ1) is 6.29. The number of benzene rings is 1. The monoisotopic (exact) mass is 191 g/mol. The number of hydrogen-bond donors (Lipinski definition) is 1. The number of anilines is 1. The molecule has 66 valence electrons. The van der Waals surface area contributed by atoms with E-state index in [9.17, 15) is 0 Å². The van der Waals surface area contributed by atoms with Crippen LogP contribution in [0.2, 0.25) is 0 Å². The largest absolute Gasteiger partial charge is 0.331 e. The maximum atomic E-state index is 5.76. The molecule has 1 aromatic carbocycles. The van der Waals surface area contributed by atoms with Crippen LogP contribution >= 0.6 is 11.3 Å². The van der Waals surface area contributed by atoms with E-state index in [1.165, 1.54) is 11.3 Å². The normalized spacial score (nSPS) is 10.2. The van der Waals surface area contributed by atoms with E-state index in [2.05, 4.69) is 17.5 Å². The number of nitrogen functional groups attached to an aromatic ring is 1. The van der Waals surface area contributed by atoms with Gasteiger partial charge in [0.1, 0.15) is 5.69 Å². The minimum atomic E-state index is 0.832. The van der Waals surface area contributed by atoms with Crippen molar-refractivity contribution < 1.29 is 4.57 Å². The van der Waals surface area contributed by atoms with Crippen molar-refractivity contribution in [3.05, 3.63) is 35.7 Å². The molecule has 0 bridgehead atoms. The second kappa shape index (κ2) is 3.18. The lowest BCUT2D eigenvalue weighted by molar-refractivity contribution is -0.641. The molecule has 2 rings (SSSR count). The Balaban J connectivity index is 2.53. The van der Waals surface area contributed by atoms with Gasteiger partial charge >= 0.3 is 5.13 Å². The molecule has 1 aromatic heterocycles. The Labute approximate surface area is 81.3 Å². The van der Waals surface area contributed by atoms with E-state index in [1.54, 1.807) is 11.3 Å². The van der Waals surface area contributed by atoms with Gasteiger partial charge in [0.05, 0.1) is 7.05 Å². The van der Waals surface area contributed by atoms with Crippen molar-refractivity contribution in [2.24, 2.45) is 7.05 Å². The molecular weight excluding hydrogens is 180 g/mol. The Morgan fingerprint density at radius 3 is 2.46 bits per heavy atom. The lowest BCUT2D eigenvalue weighted by Gasteiger charge is -1.96. The Hall–Kier alpha value is -1.35. The molecule has 0 aliphatic carbocycles. The average Bonchev–Trinajstić information content (AvgIpc) is 2.49. The average molecular weight is 191 g/mol. The Morgan fingerprint density at radius 1 is 1.23 bits per heavy atom. The molecule has 0 saturated carbocycles. The molecule has 13 heavy (non-hydrogen) atoms. The van der Waals surface area contributed by atoms with Gasteiger partial charge in [0.2, 0.25) is 0 Å². The van der Waals surface area contributed by atoms with E-state index in [0.717, 1.165) is 5.13 Å². The van der Waals surface area contributed by atoms with Crippen LogP contribution in [0.4, 0.5) is 5.13 Å². The highest BCUT2D eigenvalue weighted by molar-refractivity contribution is 7.13. The lowest BCUT2D eigenvalue weighted by Crippen LogP contribution is -2.31. The summed E-state index contributed by atoms with van der Waals surface area (Å²) in [6.45, 7) is 0. The molecule has 0 aliphatic heterocycles. The molecule has 2 nitrogen and oxygen atoms in total. The first-order valence-corrected chi connectivity index (χ1v) is 4.95. The first kappa shape index (κ1) is 8.26. The summed E-state index contributed by atoms with van der Waals surface area (Å²) >= 11 is 1.57. The number of nitrogens with two attached hydrogens (primary N) is 1. The van der Waals surface area contributed by atoms with Gasteiger partial charge in [-0.05, 0) is 0 Å². The zero-order chi connectivity index (χ0) is 9.26. The third-order valence-electron chi connectivity index (χ3n) is 2.05. The van der Waals surface area contributed by atoms with Gasteiger partial charge < -0.3 is 0 Å².